The first-order chi connectivity index (χ1) is 10.3. The van der Waals surface area contributed by atoms with Gasteiger partial charge < -0.3 is 9.47 Å². The summed E-state index contributed by atoms with van der Waals surface area (Å²) in [6, 6.07) is 1.60. The molecule has 0 radical (unpaired) electrons. The molecule has 0 aliphatic heterocycles. The first kappa shape index (κ1) is 15.7. The van der Waals surface area contributed by atoms with Crippen LogP contribution in [0.5, 0.6) is 5.88 Å². The maximum atomic E-state index is 12.7. The van der Waals surface area contributed by atoms with Crippen LogP contribution in [0.2, 0.25) is 0 Å². The number of alkyl halides is 3. The third kappa shape index (κ3) is 3.48. The highest BCUT2D eigenvalue weighted by molar-refractivity contribution is 5.91. The summed E-state index contributed by atoms with van der Waals surface area (Å²) in [6.45, 7) is -0.299. The fourth-order valence-electron chi connectivity index (χ4n) is 1.49. The number of hydrogen-bond acceptors (Lipinski definition) is 7. The van der Waals surface area contributed by atoms with Crippen molar-refractivity contribution in [1.29, 1.82) is 0 Å². The van der Waals surface area contributed by atoms with Crippen molar-refractivity contribution in [3.63, 3.8) is 0 Å². The van der Waals surface area contributed by atoms with Gasteiger partial charge in [-0.2, -0.15) is 18.0 Å². The van der Waals surface area contributed by atoms with Crippen molar-refractivity contribution in [1.82, 2.24) is 25.2 Å². The second-order valence-electron chi connectivity index (χ2n) is 4.02. The first-order valence-electron chi connectivity index (χ1n) is 5.83. The Bertz CT molecular complexity index is 686. The van der Waals surface area contributed by atoms with E-state index in [2.05, 4.69) is 25.1 Å². The Morgan fingerprint density at radius 3 is 2.64 bits per heavy atom. The summed E-state index contributed by atoms with van der Waals surface area (Å²) in [4.78, 5) is 16.0. The molecule has 0 aliphatic carbocycles. The molecule has 2 heterocycles. The van der Waals surface area contributed by atoms with Gasteiger partial charge in [0.1, 0.15) is 11.3 Å². The van der Waals surface area contributed by atoms with Crippen molar-refractivity contribution in [3.8, 4) is 5.88 Å². The predicted molar refractivity (Wildman–Crippen MR) is 63.7 cm³/mol. The van der Waals surface area contributed by atoms with Gasteiger partial charge in [-0.3, -0.25) is 0 Å². The molecule has 2 rings (SSSR count). The second-order valence-corrected chi connectivity index (χ2v) is 4.02. The molecule has 0 saturated carbocycles. The number of methoxy groups -OCH3 is 1. The molecule has 0 spiro atoms. The van der Waals surface area contributed by atoms with E-state index in [4.69, 9.17) is 4.74 Å². The van der Waals surface area contributed by atoms with E-state index >= 15 is 0 Å². The van der Waals surface area contributed by atoms with Crippen molar-refractivity contribution < 1.29 is 27.4 Å². The van der Waals surface area contributed by atoms with Gasteiger partial charge in [0.05, 0.1) is 14.2 Å². The number of halogens is 3. The van der Waals surface area contributed by atoms with Crippen LogP contribution >= 0.6 is 0 Å². The summed E-state index contributed by atoms with van der Waals surface area (Å²) < 4.78 is 47.6. The molecule has 0 amide bonds. The van der Waals surface area contributed by atoms with Gasteiger partial charge in [-0.1, -0.05) is 0 Å². The zero-order valence-corrected chi connectivity index (χ0v) is 11.5. The van der Waals surface area contributed by atoms with E-state index in [9.17, 15) is 18.0 Å². The smallest absolute Gasteiger partial charge is 0.433 e. The van der Waals surface area contributed by atoms with Gasteiger partial charge >= 0.3 is 12.1 Å². The molecule has 2 aromatic rings. The lowest BCUT2D eigenvalue weighted by Gasteiger charge is -2.11. The summed E-state index contributed by atoms with van der Waals surface area (Å²) in [5.74, 6) is -1.27. The van der Waals surface area contributed by atoms with Gasteiger partial charge in [-0.15, -0.1) is 10.2 Å². The van der Waals surface area contributed by atoms with Crippen molar-refractivity contribution in [3.05, 3.63) is 29.2 Å². The standard InChI is InChI=1S/C11H10F3N5O3/c1-19-17-8(16-18-19)5-22-9-6(10(20)21-2)3-4-7(15-9)11(12,13)14/h3-4H,5H2,1-2H3. The van der Waals surface area contributed by atoms with Crippen LogP contribution in [-0.2, 0) is 24.6 Å². The van der Waals surface area contributed by atoms with Crippen molar-refractivity contribution >= 4 is 5.97 Å². The maximum absolute atomic E-state index is 12.7. The molecular weight excluding hydrogens is 307 g/mol. The van der Waals surface area contributed by atoms with E-state index in [1.54, 1.807) is 0 Å². The predicted octanol–water partition coefficient (Wildman–Crippen LogP) is 0.989. The number of carbonyl (C=O) groups excluding carboxylic acids is 1. The lowest BCUT2D eigenvalue weighted by atomic mass is 10.2. The van der Waals surface area contributed by atoms with E-state index in [1.807, 2.05) is 0 Å². The number of tetrazole rings is 1. The molecule has 118 valence electrons. The first-order valence-corrected chi connectivity index (χ1v) is 5.83. The molecule has 0 atom stereocenters. The number of aromatic nitrogens is 5. The highest BCUT2D eigenvalue weighted by atomic mass is 19.4. The Labute approximate surface area is 121 Å². The Hall–Kier alpha value is -2.72. The molecule has 0 bridgehead atoms. The molecular formula is C11H10F3N5O3. The molecule has 0 N–H and O–H groups in total. The van der Waals surface area contributed by atoms with Crippen LogP contribution in [0.4, 0.5) is 13.2 Å². The number of ether oxygens (including phenoxy) is 2. The Morgan fingerprint density at radius 1 is 1.36 bits per heavy atom. The summed E-state index contributed by atoms with van der Waals surface area (Å²) in [5.41, 5.74) is -1.43. The van der Waals surface area contributed by atoms with E-state index in [0.717, 1.165) is 18.0 Å². The normalized spacial score (nSPS) is 11.3. The summed E-state index contributed by atoms with van der Waals surface area (Å²) in [5, 5.41) is 10.9. The van der Waals surface area contributed by atoms with Crippen LogP contribution in [0.3, 0.4) is 0 Å². The fourth-order valence-corrected chi connectivity index (χ4v) is 1.49. The van der Waals surface area contributed by atoms with Crippen LogP contribution in [0, 0.1) is 0 Å². The van der Waals surface area contributed by atoms with Crippen molar-refractivity contribution in [2.45, 2.75) is 12.8 Å². The molecule has 22 heavy (non-hydrogen) atoms. The number of esters is 1. The van der Waals surface area contributed by atoms with Gasteiger partial charge in [-0.25, -0.2) is 9.78 Å². The minimum absolute atomic E-state index is 0.123. The minimum atomic E-state index is -4.67. The van der Waals surface area contributed by atoms with Crippen LogP contribution in [0.25, 0.3) is 0 Å². The number of nitrogens with zero attached hydrogens (tertiary/aromatic N) is 5. The summed E-state index contributed by atoms with van der Waals surface area (Å²) in [7, 11) is 2.60. The second kappa shape index (κ2) is 5.95. The van der Waals surface area contributed by atoms with E-state index in [-0.39, 0.29) is 18.0 Å². The zero-order valence-electron chi connectivity index (χ0n) is 11.5. The van der Waals surface area contributed by atoms with Crippen LogP contribution in [0.15, 0.2) is 12.1 Å². The third-order valence-electron chi connectivity index (χ3n) is 2.44. The number of rotatable bonds is 4. The quantitative estimate of drug-likeness (QED) is 0.776. The molecule has 8 nitrogen and oxygen atoms in total. The van der Waals surface area contributed by atoms with Crippen molar-refractivity contribution in [2.75, 3.05) is 7.11 Å². The SMILES string of the molecule is COC(=O)c1ccc(C(F)(F)F)nc1OCc1nnn(C)n1. The molecule has 11 heteroatoms. The Kier molecular flexibility index (Phi) is 4.24. The molecule has 2 aromatic heterocycles. The highest BCUT2D eigenvalue weighted by Crippen LogP contribution is 2.30. The Balaban J connectivity index is 2.30. The number of carbonyl (C=O) groups is 1. The average Bonchev–Trinajstić information content (AvgIpc) is 2.88. The summed E-state index contributed by atoms with van der Waals surface area (Å²) >= 11 is 0. The van der Waals surface area contributed by atoms with Crippen LogP contribution in [0.1, 0.15) is 21.9 Å². The summed E-state index contributed by atoms with van der Waals surface area (Å²) in [6.07, 6.45) is -4.67. The minimum Gasteiger partial charge on any atom is -0.469 e. The number of aryl methyl sites for hydroxylation is 1. The van der Waals surface area contributed by atoms with Gasteiger partial charge in [0.25, 0.3) is 0 Å². The average molecular weight is 317 g/mol. The van der Waals surface area contributed by atoms with Gasteiger partial charge in [0, 0.05) is 0 Å². The lowest BCUT2D eigenvalue weighted by molar-refractivity contribution is -0.141. The number of pyridine rings is 1. The largest absolute Gasteiger partial charge is 0.469 e. The molecule has 0 aromatic carbocycles. The Morgan fingerprint density at radius 2 is 2.09 bits per heavy atom. The van der Waals surface area contributed by atoms with E-state index in [1.165, 1.54) is 7.05 Å². The van der Waals surface area contributed by atoms with Gasteiger partial charge in [0.15, 0.2) is 6.61 Å². The molecule has 0 unspecified atom stereocenters. The molecule has 0 saturated heterocycles. The maximum Gasteiger partial charge on any atom is 0.433 e. The third-order valence-corrected chi connectivity index (χ3v) is 2.44. The highest BCUT2D eigenvalue weighted by Gasteiger charge is 2.34. The fraction of sp³-hybridized carbons (Fsp3) is 0.364. The molecule has 0 fully saturated rings. The van der Waals surface area contributed by atoms with Gasteiger partial charge in [0.2, 0.25) is 11.7 Å². The molecule has 0 aliphatic rings. The lowest BCUT2D eigenvalue weighted by Crippen LogP contribution is -2.13. The topological polar surface area (TPSA) is 92.0 Å². The number of hydrogen-bond donors (Lipinski definition) is 0. The van der Waals surface area contributed by atoms with Crippen LogP contribution < -0.4 is 4.74 Å². The monoisotopic (exact) mass is 317 g/mol. The van der Waals surface area contributed by atoms with Crippen LogP contribution in [-0.4, -0.2) is 38.3 Å². The van der Waals surface area contributed by atoms with Crippen molar-refractivity contribution in [2.24, 2.45) is 7.05 Å². The van der Waals surface area contributed by atoms with Gasteiger partial charge in [-0.05, 0) is 17.3 Å². The zero-order chi connectivity index (χ0) is 16.3. The van der Waals surface area contributed by atoms with E-state index in [0.29, 0.717) is 6.07 Å². The van der Waals surface area contributed by atoms with E-state index < -0.39 is 23.7 Å².